The van der Waals surface area contributed by atoms with E-state index in [9.17, 15) is 0 Å². The summed E-state index contributed by atoms with van der Waals surface area (Å²) in [4.78, 5) is 0. The summed E-state index contributed by atoms with van der Waals surface area (Å²) in [5.41, 5.74) is 9.15. The van der Waals surface area contributed by atoms with Gasteiger partial charge in [0, 0.05) is 4.47 Å². The average molecular weight is 346 g/mol. The molecule has 2 aromatic rings. The molecule has 0 heterocycles. The van der Waals surface area contributed by atoms with Crippen LogP contribution in [0.4, 0.5) is 0 Å². The van der Waals surface area contributed by atoms with Gasteiger partial charge in [0.05, 0.1) is 6.61 Å². The Labute approximate surface area is 134 Å². The van der Waals surface area contributed by atoms with Crippen molar-refractivity contribution in [2.45, 2.75) is 19.3 Å². The van der Waals surface area contributed by atoms with Gasteiger partial charge in [-0.1, -0.05) is 40.2 Å². The normalized spacial score (nSPS) is 15.7. The van der Waals surface area contributed by atoms with E-state index in [1.807, 2.05) is 24.3 Å². The number of nitrogens with two attached hydrogens (primary N) is 1. The Morgan fingerprint density at radius 2 is 1.62 bits per heavy atom. The van der Waals surface area contributed by atoms with Gasteiger partial charge in [0.2, 0.25) is 0 Å². The third-order valence-electron chi connectivity index (χ3n) is 4.40. The molecule has 2 aromatic carbocycles. The van der Waals surface area contributed by atoms with Gasteiger partial charge >= 0.3 is 0 Å². The second-order valence-electron chi connectivity index (χ2n) is 5.88. The van der Waals surface area contributed by atoms with Crippen LogP contribution in [0, 0.1) is 5.41 Å². The lowest BCUT2D eigenvalue weighted by Gasteiger charge is -2.27. The molecule has 3 rings (SSSR count). The van der Waals surface area contributed by atoms with Crippen LogP contribution in [0.2, 0.25) is 0 Å². The predicted molar refractivity (Wildman–Crippen MR) is 89.6 cm³/mol. The molecule has 0 fully saturated rings. The quantitative estimate of drug-likeness (QED) is 0.889. The minimum absolute atomic E-state index is 0.166. The molecule has 0 saturated carbocycles. The van der Waals surface area contributed by atoms with Crippen molar-refractivity contribution >= 4 is 15.9 Å². The summed E-state index contributed by atoms with van der Waals surface area (Å²) >= 11 is 3.43. The maximum Gasteiger partial charge on any atom is 0.119 e. The minimum atomic E-state index is 0.166. The molecule has 2 N–H and O–H groups in total. The molecule has 1 aliphatic rings. The van der Waals surface area contributed by atoms with Crippen molar-refractivity contribution in [3.8, 4) is 5.75 Å². The molecule has 2 nitrogen and oxygen atoms in total. The highest BCUT2D eigenvalue weighted by Gasteiger charge is 2.35. The maximum absolute atomic E-state index is 6.09. The summed E-state index contributed by atoms with van der Waals surface area (Å²) in [6.45, 7) is 1.43. The van der Waals surface area contributed by atoms with E-state index >= 15 is 0 Å². The summed E-state index contributed by atoms with van der Waals surface area (Å²) < 4.78 is 6.94. The van der Waals surface area contributed by atoms with E-state index in [0.29, 0.717) is 13.2 Å². The first kappa shape index (κ1) is 14.6. The molecule has 110 valence electrons. The number of hydrogen-bond donors (Lipinski definition) is 1. The summed E-state index contributed by atoms with van der Waals surface area (Å²) in [7, 11) is 0. The highest BCUT2D eigenvalue weighted by molar-refractivity contribution is 9.10. The van der Waals surface area contributed by atoms with Crippen molar-refractivity contribution in [2.24, 2.45) is 11.1 Å². The number of hydrogen-bond acceptors (Lipinski definition) is 2. The van der Waals surface area contributed by atoms with E-state index in [4.69, 9.17) is 10.5 Å². The van der Waals surface area contributed by atoms with E-state index in [-0.39, 0.29) is 5.41 Å². The third kappa shape index (κ3) is 3.30. The van der Waals surface area contributed by atoms with Crippen LogP contribution < -0.4 is 10.5 Å². The zero-order chi connectivity index (χ0) is 14.7. The molecule has 0 saturated heterocycles. The Morgan fingerprint density at radius 1 is 1.00 bits per heavy atom. The number of ether oxygens (including phenoxy) is 1. The van der Waals surface area contributed by atoms with E-state index in [1.54, 1.807) is 0 Å². The molecule has 0 aromatic heterocycles. The van der Waals surface area contributed by atoms with Gasteiger partial charge in [0.1, 0.15) is 5.75 Å². The zero-order valence-corrected chi connectivity index (χ0v) is 13.6. The Bertz CT molecular complexity index is 584. The van der Waals surface area contributed by atoms with Gasteiger partial charge in [-0.05, 0) is 66.6 Å². The van der Waals surface area contributed by atoms with Crippen molar-refractivity contribution in [2.75, 3.05) is 13.2 Å². The SMILES string of the molecule is NCC1(CCOc2ccc(Br)cc2)Cc2ccccc2C1. The molecule has 21 heavy (non-hydrogen) atoms. The molecule has 0 radical (unpaired) electrons. The fraction of sp³-hybridized carbons (Fsp3) is 0.333. The lowest BCUT2D eigenvalue weighted by atomic mass is 9.82. The lowest BCUT2D eigenvalue weighted by molar-refractivity contribution is 0.208. The highest BCUT2D eigenvalue weighted by Crippen LogP contribution is 2.38. The van der Waals surface area contributed by atoms with Crippen LogP contribution in [0.1, 0.15) is 17.5 Å². The van der Waals surface area contributed by atoms with Gasteiger partial charge in [-0.2, -0.15) is 0 Å². The second-order valence-corrected chi connectivity index (χ2v) is 6.79. The van der Waals surface area contributed by atoms with Crippen LogP contribution in [-0.2, 0) is 12.8 Å². The van der Waals surface area contributed by atoms with Crippen LogP contribution in [0.15, 0.2) is 53.0 Å². The second kappa shape index (κ2) is 6.20. The predicted octanol–water partition coefficient (Wildman–Crippen LogP) is 3.96. The van der Waals surface area contributed by atoms with Crippen molar-refractivity contribution in [1.82, 2.24) is 0 Å². The summed E-state index contributed by atoms with van der Waals surface area (Å²) in [5.74, 6) is 0.917. The number of fused-ring (bicyclic) bond motifs is 1. The van der Waals surface area contributed by atoms with Gasteiger partial charge < -0.3 is 10.5 Å². The van der Waals surface area contributed by atoms with E-state index in [0.717, 1.165) is 29.5 Å². The topological polar surface area (TPSA) is 35.2 Å². The van der Waals surface area contributed by atoms with Crippen molar-refractivity contribution < 1.29 is 4.74 Å². The maximum atomic E-state index is 6.09. The van der Waals surface area contributed by atoms with E-state index in [2.05, 4.69) is 40.2 Å². The Morgan fingerprint density at radius 3 is 2.19 bits per heavy atom. The van der Waals surface area contributed by atoms with Crippen LogP contribution in [-0.4, -0.2) is 13.2 Å². The first-order chi connectivity index (χ1) is 10.2. The van der Waals surface area contributed by atoms with Crippen molar-refractivity contribution in [1.29, 1.82) is 0 Å². The zero-order valence-electron chi connectivity index (χ0n) is 12.0. The summed E-state index contributed by atoms with van der Waals surface area (Å²) in [5, 5.41) is 0. The Kier molecular flexibility index (Phi) is 4.32. The third-order valence-corrected chi connectivity index (χ3v) is 4.93. The lowest BCUT2D eigenvalue weighted by Crippen LogP contribution is -2.33. The Hall–Kier alpha value is -1.32. The van der Waals surface area contributed by atoms with Gasteiger partial charge in [0.15, 0.2) is 0 Å². The van der Waals surface area contributed by atoms with Crippen LogP contribution in [0.3, 0.4) is 0 Å². The van der Waals surface area contributed by atoms with E-state index < -0.39 is 0 Å². The van der Waals surface area contributed by atoms with Crippen LogP contribution >= 0.6 is 15.9 Å². The molecular formula is C18H20BrNO. The largest absolute Gasteiger partial charge is 0.494 e. The smallest absolute Gasteiger partial charge is 0.119 e. The molecule has 0 spiro atoms. The minimum Gasteiger partial charge on any atom is -0.494 e. The molecule has 0 amide bonds. The van der Waals surface area contributed by atoms with Crippen molar-refractivity contribution in [3.05, 3.63) is 64.1 Å². The van der Waals surface area contributed by atoms with Gasteiger partial charge in [-0.15, -0.1) is 0 Å². The first-order valence-electron chi connectivity index (χ1n) is 7.36. The molecular weight excluding hydrogens is 326 g/mol. The molecule has 0 bridgehead atoms. The fourth-order valence-corrected chi connectivity index (χ4v) is 3.38. The van der Waals surface area contributed by atoms with Gasteiger partial charge in [-0.3, -0.25) is 0 Å². The molecule has 0 atom stereocenters. The molecule has 0 aliphatic heterocycles. The van der Waals surface area contributed by atoms with E-state index in [1.165, 1.54) is 11.1 Å². The van der Waals surface area contributed by atoms with Crippen LogP contribution in [0.25, 0.3) is 0 Å². The molecule has 3 heteroatoms. The Balaban J connectivity index is 1.60. The standard InChI is InChI=1S/C18H20BrNO/c19-16-5-7-17(8-6-16)21-10-9-18(13-20)11-14-3-1-2-4-15(14)12-18/h1-8H,9-13,20H2. The number of halogens is 1. The average Bonchev–Trinajstić information content (AvgIpc) is 2.88. The monoisotopic (exact) mass is 345 g/mol. The molecule has 0 unspecified atom stereocenters. The van der Waals surface area contributed by atoms with Crippen molar-refractivity contribution in [3.63, 3.8) is 0 Å². The highest BCUT2D eigenvalue weighted by atomic mass is 79.9. The molecule has 1 aliphatic carbocycles. The first-order valence-corrected chi connectivity index (χ1v) is 8.15. The summed E-state index contributed by atoms with van der Waals surface area (Å²) in [6.07, 6.45) is 3.14. The van der Waals surface area contributed by atoms with Crippen LogP contribution in [0.5, 0.6) is 5.75 Å². The number of benzene rings is 2. The van der Waals surface area contributed by atoms with Gasteiger partial charge in [0.25, 0.3) is 0 Å². The number of rotatable bonds is 5. The van der Waals surface area contributed by atoms with Gasteiger partial charge in [-0.25, -0.2) is 0 Å². The summed E-state index contributed by atoms with van der Waals surface area (Å²) in [6, 6.07) is 16.7. The fourth-order valence-electron chi connectivity index (χ4n) is 3.11.